The summed E-state index contributed by atoms with van der Waals surface area (Å²) in [5.41, 5.74) is 0.216. The van der Waals surface area contributed by atoms with Gasteiger partial charge in [0.15, 0.2) is 0 Å². The highest BCUT2D eigenvalue weighted by atomic mass is 31.3. The number of epoxide rings is 1. The lowest BCUT2D eigenvalue weighted by molar-refractivity contribution is 0.175. The molecule has 1 rings (SSSR count). The van der Waals surface area contributed by atoms with Crippen molar-refractivity contribution in [1.82, 2.24) is 0 Å². The first-order chi connectivity index (χ1) is 13.1. The zero-order chi connectivity index (χ0) is 20.9. The lowest BCUT2D eigenvalue weighted by Gasteiger charge is -2.12. The molecule has 2 unspecified atom stereocenters. The van der Waals surface area contributed by atoms with Gasteiger partial charge in [-0.3, -0.25) is 4.52 Å². The molecule has 0 aromatic rings. The van der Waals surface area contributed by atoms with Gasteiger partial charge in [0, 0.05) is 0 Å². The van der Waals surface area contributed by atoms with Gasteiger partial charge < -0.3 is 19.4 Å². The minimum Gasteiger partial charge on any atom is -0.370 e. The van der Waals surface area contributed by atoms with E-state index in [4.69, 9.17) is 19.4 Å². The monoisotopic (exact) mass is 444 g/mol. The van der Waals surface area contributed by atoms with Gasteiger partial charge >= 0.3 is 15.6 Å². The van der Waals surface area contributed by atoms with E-state index >= 15 is 0 Å². The highest BCUT2D eigenvalue weighted by molar-refractivity contribution is 7.60. The van der Waals surface area contributed by atoms with E-state index in [1.807, 2.05) is 0 Å². The van der Waals surface area contributed by atoms with Crippen molar-refractivity contribution in [2.45, 2.75) is 102 Å². The molecule has 1 heterocycles. The van der Waals surface area contributed by atoms with Gasteiger partial charge in [0.05, 0.1) is 18.8 Å². The summed E-state index contributed by atoms with van der Waals surface area (Å²) in [5.74, 6) is 0. The van der Waals surface area contributed by atoms with Gasteiger partial charge in [-0.05, 0) is 19.8 Å². The molecule has 0 aromatic carbocycles. The van der Waals surface area contributed by atoms with Crippen molar-refractivity contribution in [3.8, 4) is 0 Å². The standard InChI is InChI=1S/C18H38O8P2/c1-18(17-24-18)15-13-11-9-7-5-3-2-4-6-8-10-12-14-16-25-28(22,23)26-27(19,20)21/h2-17H2,1H3,(H,22,23)(H2,19,20,21). The average molecular weight is 444 g/mol. The fraction of sp³-hybridized carbons (Fsp3) is 1.00. The minimum atomic E-state index is -5.02. The molecule has 1 aliphatic heterocycles. The van der Waals surface area contributed by atoms with Crippen LogP contribution in [-0.2, 0) is 22.7 Å². The Labute approximate surface area is 169 Å². The van der Waals surface area contributed by atoms with Crippen LogP contribution in [0.25, 0.3) is 0 Å². The summed E-state index contributed by atoms with van der Waals surface area (Å²) in [5, 5.41) is 0. The molecule has 0 spiro atoms. The molecular formula is C18H38O8P2. The maximum absolute atomic E-state index is 11.2. The fourth-order valence-electron chi connectivity index (χ4n) is 3.15. The average Bonchev–Trinajstić information content (AvgIpc) is 3.30. The molecule has 0 amide bonds. The van der Waals surface area contributed by atoms with Crippen LogP contribution in [0.5, 0.6) is 0 Å². The third kappa shape index (κ3) is 16.1. The van der Waals surface area contributed by atoms with Gasteiger partial charge in [0.2, 0.25) is 0 Å². The molecule has 0 aliphatic carbocycles. The Balaban J connectivity index is 1.76. The van der Waals surface area contributed by atoms with Crippen LogP contribution in [-0.4, -0.2) is 33.5 Å². The summed E-state index contributed by atoms with van der Waals surface area (Å²) < 4.78 is 35.3. The van der Waals surface area contributed by atoms with Crippen molar-refractivity contribution in [3.05, 3.63) is 0 Å². The molecule has 28 heavy (non-hydrogen) atoms. The molecule has 8 nitrogen and oxygen atoms in total. The van der Waals surface area contributed by atoms with Crippen molar-refractivity contribution in [1.29, 1.82) is 0 Å². The minimum absolute atomic E-state index is 0.0555. The molecule has 10 heteroatoms. The second-order valence-electron chi connectivity index (χ2n) is 7.96. The molecule has 0 radical (unpaired) electrons. The predicted octanol–water partition coefficient (Wildman–Crippen LogP) is 5.46. The molecule has 168 valence electrons. The van der Waals surface area contributed by atoms with E-state index < -0.39 is 15.6 Å². The normalized spacial score (nSPS) is 21.6. The van der Waals surface area contributed by atoms with Crippen LogP contribution in [0.2, 0.25) is 0 Å². The smallest absolute Gasteiger partial charge is 0.370 e. The summed E-state index contributed by atoms with van der Waals surface area (Å²) in [6.07, 6.45) is 16.4. The molecule has 0 aromatic heterocycles. The van der Waals surface area contributed by atoms with Crippen LogP contribution < -0.4 is 0 Å². The van der Waals surface area contributed by atoms with E-state index in [-0.39, 0.29) is 12.2 Å². The Morgan fingerprint density at radius 3 is 1.57 bits per heavy atom. The predicted molar refractivity (Wildman–Crippen MR) is 108 cm³/mol. The highest BCUT2D eigenvalue weighted by Gasteiger charge is 2.37. The van der Waals surface area contributed by atoms with Gasteiger partial charge in [-0.1, -0.05) is 77.0 Å². The highest BCUT2D eigenvalue weighted by Crippen LogP contribution is 2.57. The number of hydrogen-bond acceptors (Lipinski definition) is 5. The maximum Gasteiger partial charge on any atom is 0.481 e. The Kier molecular flexibility index (Phi) is 12.7. The van der Waals surface area contributed by atoms with Gasteiger partial charge in [0.25, 0.3) is 0 Å². The fourth-order valence-corrected chi connectivity index (χ4v) is 4.77. The topological polar surface area (TPSA) is 126 Å². The molecule has 0 saturated carbocycles. The Hall–Kier alpha value is 0.220. The van der Waals surface area contributed by atoms with Crippen LogP contribution in [0.4, 0.5) is 0 Å². The zero-order valence-electron chi connectivity index (χ0n) is 17.1. The zero-order valence-corrected chi connectivity index (χ0v) is 18.9. The summed E-state index contributed by atoms with van der Waals surface area (Å²) in [7, 11) is -9.70. The first-order valence-corrected chi connectivity index (χ1v) is 13.5. The lowest BCUT2D eigenvalue weighted by Crippen LogP contribution is -2.02. The van der Waals surface area contributed by atoms with Gasteiger partial charge in [-0.2, -0.15) is 4.31 Å². The summed E-state index contributed by atoms with van der Waals surface area (Å²) in [4.78, 5) is 26.1. The number of hydrogen-bond donors (Lipinski definition) is 3. The van der Waals surface area contributed by atoms with Crippen molar-refractivity contribution in [2.24, 2.45) is 0 Å². The number of phosphoric acid groups is 2. The van der Waals surface area contributed by atoms with Crippen molar-refractivity contribution in [2.75, 3.05) is 13.2 Å². The Morgan fingerprint density at radius 1 is 0.786 bits per heavy atom. The second kappa shape index (κ2) is 13.5. The molecule has 0 bridgehead atoms. The Bertz CT molecular complexity index is 504. The molecule has 1 aliphatic rings. The second-order valence-corrected chi connectivity index (χ2v) is 10.8. The van der Waals surface area contributed by atoms with Gasteiger partial charge in [-0.25, -0.2) is 9.13 Å². The van der Waals surface area contributed by atoms with E-state index in [2.05, 4.69) is 15.8 Å². The first kappa shape index (κ1) is 26.3. The van der Waals surface area contributed by atoms with Crippen LogP contribution in [0.3, 0.4) is 0 Å². The van der Waals surface area contributed by atoms with Crippen molar-refractivity contribution < 1.29 is 37.4 Å². The van der Waals surface area contributed by atoms with Crippen molar-refractivity contribution >= 4 is 15.6 Å². The van der Waals surface area contributed by atoms with E-state index in [0.29, 0.717) is 6.42 Å². The van der Waals surface area contributed by atoms with Crippen molar-refractivity contribution in [3.63, 3.8) is 0 Å². The molecule has 2 atom stereocenters. The first-order valence-electron chi connectivity index (χ1n) is 10.5. The van der Waals surface area contributed by atoms with Gasteiger partial charge in [-0.15, -0.1) is 0 Å². The third-order valence-electron chi connectivity index (χ3n) is 4.95. The lowest BCUT2D eigenvalue weighted by atomic mass is 10.0. The SMILES string of the molecule is CC1(CCCCCCCCCCCCCCCOP(=O)(O)OP(=O)(O)O)CO1. The van der Waals surface area contributed by atoms with Crippen LogP contribution in [0.1, 0.15) is 96.8 Å². The summed E-state index contributed by atoms with van der Waals surface area (Å²) in [6.45, 7) is 3.08. The Morgan fingerprint density at radius 2 is 1.18 bits per heavy atom. The number of phosphoric ester groups is 1. The summed E-state index contributed by atoms with van der Waals surface area (Å²) >= 11 is 0. The quantitative estimate of drug-likeness (QED) is 0.136. The van der Waals surface area contributed by atoms with E-state index in [1.165, 1.54) is 64.2 Å². The maximum atomic E-state index is 11.2. The van der Waals surface area contributed by atoms with Crippen LogP contribution >= 0.6 is 15.6 Å². The molecular weight excluding hydrogens is 406 g/mol. The number of ether oxygens (including phenoxy) is 1. The van der Waals surface area contributed by atoms with E-state index in [0.717, 1.165) is 25.9 Å². The van der Waals surface area contributed by atoms with E-state index in [1.54, 1.807) is 0 Å². The van der Waals surface area contributed by atoms with Crippen LogP contribution in [0, 0.1) is 0 Å². The molecule has 1 saturated heterocycles. The molecule has 1 fully saturated rings. The third-order valence-corrected chi connectivity index (χ3v) is 7.14. The van der Waals surface area contributed by atoms with E-state index in [9.17, 15) is 9.13 Å². The van der Waals surface area contributed by atoms with Gasteiger partial charge in [0.1, 0.15) is 0 Å². The van der Waals surface area contributed by atoms with Crippen LogP contribution in [0.15, 0.2) is 0 Å². The molecule has 3 N–H and O–H groups in total. The largest absolute Gasteiger partial charge is 0.481 e. The number of rotatable bonds is 19. The number of unbranched alkanes of at least 4 members (excludes halogenated alkanes) is 12. The summed E-state index contributed by atoms with van der Waals surface area (Å²) in [6, 6.07) is 0.